The van der Waals surface area contributed by atoms with Crippen molar-refractivity contribution >= 4 is 193 Å². The molecule has 4 aromatic rings. The number of aliphatic hydroxyl groups is 2. The molecule has 4 rings (SSSR count). The molecule has 0 aliphatic carbocycles. The molecule has 10 N–H and O–H groups in total. The molecule has 3 radical (unpaired) electrons. The standard InChI is InChI=1S/C30H52Br2.C30H56N2.C30H50.C16H26O2.C4H8.3CH4.2BBr2IP.BH4IN2P/c2*1-26(2,3)23-18-24(29(8,9)21-27(4,5)14-12-16-31)20-25(19-23)30(10,11)22-28(6,7)15-13-17-32;1-14-16-27(6,7)21-29(10,11)24-18-23(26(3,4)5)19-25(20-24)30(12,13)22-28(8,9)17-15-2;1-14(2,3)11-8-12(15(4,5)17)10-13(9-11)16(6,7)18;1-4(2)3;;;;2*2-1-5(3)4;2-5(4)1-3/h18-20H,12-17,21-22H2,1-11H3;18-20H,12-17,21-22,31-32H2,1-11H3;14-15,18-20H,1-2,16-17,21-22H2,3-13H3;8-10,17-18H,1-7H3;1H2,2-3H3;3*1H4;;;3-4H2. The van der Waals surface area contributed by atoms with E-state index in [1.807, 2.05) is 43.7 Å². The van der Waals surface area contributed by atoms with Crippen LogP contribution in [-0.4, -0.2) is 52.7 Å². The molecule has 0 heterocycles. The lowest BCUT2D eigenvalue weighted by Gasteiger charge is -2.39. The topological polar surface area (TPSA) is 145 Å². The van der Waals surface area contributed by atoms with Gasteiger partial charge in [0, 0.05) is 19.0 Å². The molecule has 0 bridgehead atoms. The van der Waals surface area contributed by atoms with E-state index in [1.165, 1.54) is 114 Å². The lowest BCUT2D eigenvalue weighted by atomic mass is 9.65. The highest BCUT2D eigenvalue weighted by atomic mass is 127. The van der Waals surface area contributed by atoms with E-state index in [4.69, 9.17) is 22.6 Å². The molecule has 0 spiro atoms. The SMILES string of the molecule is Br[B]P(Br)I.Br[B]P(Br)I.C.C.C.C=C(C)C.C=CCC(C)(C)CC(C)(C)c1cc(C(C)(C)C)cc(C(C)(C)CC(C)(C)CC=C)c1.CC(C)(C)c1cc(C(C)(C)O)cc(C(C)(C)O)c1.CC(C)(CCCBr)CC(C)(C)c1cc(C(C)(C)C)cc(C(C)(C)CC(C)(C)CCCBr)c1.CC(C)(CCCN)CC(C)(C)c1cc(C(C)(C)C)cc(C(C)(C)CC(C)(C)CCCN)c1.N[B]P(N)I. The van der Waals surface area contributed by atoms with E-state index in [1.54, 1.807) is 27.7 Å². The minimum absolute atomic E-state index is 0. The highest BCUT2D eigenvalue weighted by Gasteiger charge is 2.40. The molecule has 0 saturated heterocycles. The van der Waals surface area contributed by atoms with Gasteiger partial charge in [-0.1, -0.05) is 469 Å². The number of benzene rings is 4. The van der Waals surface area contributed by atoms with Gasteiger partial charge in [-0.2, -0.15) is 31.5 Å². The van der Waals surface area contributed by atoms with Gasteiger partial charge < -0.3 is 32.8 Å². The van der Waals surface area contributed by atoms with E-state index in [0.717, 1.165) is 91.8 Å². The van der Waals surface area contributed by atoms with Crippen LogP contribution in [0, 0.1) is 32.5 Å². The molecule has 779 valence electrons. The van der Waals surface area contributed by atoms with Crippen LogP contribution >= 0.6 is 174 Å². The molecule has 3 atom stereocenters. The molecule has 3 unspecified atom stereocenters. The number of nitrogens with two attached hydrogens (primary N) is 4. The van der Waals surface area contributed by atoms with Crippen LogP contribution in [0.3, 0.4) is 0 Å². The third kappa shape index (κ3) is 64.6. The van der Waals surface area contributed by atoms with E-state index in [2.05, 4.69) is 496 Å². The van der Waals surface area contributed by atoms with Crippen LogP contribution in [0.1, 0.15) is 483 Å². The number of rotatable bonds is 39. The summed E-state index contributed by atoms with van der Waals surface area (Å²) in [6.45, 7) is 110. The van der Waals surface area contributed by atoms with Gasteiger partial charge in [0.25, 0.3) is 18.8 Å². The van der Waals surface area contributed by atoms with Gasteiger partial charge in [0.1, 0.15) is 0 Å². The van der Waals surface area contributed by atoms with E-state index >= 15 is 0 Å². The van der Waals surface area contributed by atoms with E-state index < -0.39 is 16.8 Å². The highest BCUT2D eigenvalue weighted by molar-refractivity contribution is 14.2. The second-order valence-corrected chi connectivity index (χ2v) is 80.0. The molecular weight excluding hydrogens is 2430 g/mol. The van der Waals surface area contributed by atoms with Gasteiger partial charge in [0.05, 0.1) is 11.2 Å². The fourth-order valence-corrected chi connectivity index (χ4v) is 19.2. The van der Waals surface area contributed by atoms with Crippen molar-refractivity contribution in [2.45, 2.75) is 481 Å². The lowest BCUT2D eigenvalue weighted by Crippen LogP contribution is -2.31. The van der Waals surface area contributed by atoms with Crippen LogP contribution in [0.4, 0.5) is 0 Å². The quantitative estimate of drug-likeness (QED) is 0.00863. The molecule has 6 nitrogen and oxygen atoms in total. The summed E-state index contributed by atoms with van der Waals surface area (Å²) in [5, 5.41) is 22.6. The third-order valence-electron chi connectivity index (χ3n) is 24.6. The normalized spacial score (nSPS) is 13.5. The Bertz CT molecular complexity index is 3560. The molecule has 0 saturated carbocycles. The van der Waals surface area contributed by atoms with Crippen molar-refractivity contribution in [3.8, 4) is 0 Å². The number of hydrogen-bond acceptors (Lipinski definition) is 6. The number of alkyl halides is 2. The first kappa shape index (κ1) is 149. The van der Waals surface area contributed by atoms with Crippen molar-refractivity contribution < 1.29 is 10.2 Å². The Morgan fingerprint density at radius 2 is 0.478 bits per heavy atom. The average Bonchev–Trinajstić information content (AvgIpc) is 0.775. The van der Waals surface area contributed by atoms with Gasteiger partial charge in [-0.25, -0.2) is 0 Å². The first-order chi connectivity index (χ1) is 58.4. The Morgan fingerprint density at radius 3 is 0.604 bits per heavy atom. The summed E-state index contributed by atoms with van der Waals surface area (Å²) in [4.78, 5) is 0. The molecular formula is C113H208B3Br6I3N4O2P3. The van der Waals surface area contributed by atoms with E-state index in [0.29, 0.717) is 10.8 Å². The molecule has 0 fully saturated rings. The molecule has 0 aliphatic heterocycles. The van der Waals surface area contributed by atoms with Gasteiger partial charge in [-0.15, -0.1) is 19.7 Å². The molecule has 4 aromatic carbocycles. The summed E-state index contributed by atoms with van der Waals surface area (Å²) in [6, 6.07) is 28.4. The van der Waals surface area contributed by atoms with Crippen LogP contribution in [0.2, 0.25) is 0 Å². The van der Waals surface area contributed by atoms with Gasteiger partial charge in [-0.3, -0.25) is 0 Å². The Kier molecular flexibility index (Phi) is 71.4. The summed E-state index contributed by atoms with van der Waals surface area (Å²) < 4.78 is -0.0482. The zero-order valence-corrected chi connectivity index (χ0v) is 110. The van der Waals surface area contributed by atoms with Crippen molar-refractivity contribution in [1.29, 1.82) is 0 Å². The minimum atomic E-state index is -0.902. The number of allylic oxidation sites excluding steroid dienone is 3. The molecule has 0 aliphatic rings. The first-order valence-corrected chi connectivity index (χ1v) is 68.5. The summed E-state index contributed by atoms with van der Waals surface area (Å²) in [6.07, 6.45) is 22.8. The second kappa shape index (κ2) is 64.1. The smallest absolute Gasteiger partial charge is 0.269 e. The van der Waals surface area contributed by atoms with Gasteiger partial charge in [-0.05, 0) is 338 Å². The summed E-state index contributed by atoms with van der Waals surface area (Å²) in [5.74, 6) is 3.89. The van der Waals surface area contributed by atoms with Gasteiger partial charge >= 0.3 is 0 Å². The predicted octanol–water partition coefficient (Wildman–Crippen LogP) is 41.3. The summed E-state index contributed by atoms with van der Waals surface area (Å²) in [7, 11) is 1.50. The minimum Gasteiger partial charge on any atom is -0.386 e. The fourth-order valence-electron chi connectivity index (χ4n) is 18.6. The Balaban J connectivity index is -0.000000302. The van der Waals surface area contributed by atoms with E-state index in [-0.39, 0.29) is 106 Å². The van der Waals surface area contributed by atoms with Crippen molar-refractivity contribution in [3.05, 3.63) is 177 Å². The largest absolute Gasteiger partial charge is 0.386 e. The molecule has 21 heteroatoms. The van der Waals surface area contributed by atoms with Gasteiger partial charge in [0.15, 0.2) is 0 Å². The second-order valence-electron chi connectivity index (χ2n) is 51.4. The van der Waals surface area contributed by atoms with Crippen LogP contribution in [0.15, 0.2) is 110 Å². The van der Waals surface area contributed by atoms with Crippen molar-refractivity contribution in [2.24, 2.45) is 55.1 Å². The van der Waals surface area contributed by atoms with Crippen LogP contribution in [0.25, 0.3) is 0 Å². The van der Waals surface area contributed by atoms with Crippen LogP contribution in [0.5, 0.6) is 0 Å². The Labute approximate surface area is 929 Å². The number of halogens is 9. The fraction of sp³-hybridized carbons (Fsp3) is 0.735. The maximum absolute atomic E-state index is 10.2. The van der Waals surface area contributed by atoms with Crippen molar-refractivity contribution in [2.75, 3.05) is 23.7 Å². The van der Waals surface area contributed by atoms with Gasteiger partial charge in [0.2, 0.25) is 0 Å². The zero-order valence-electron chi connectivity index (χ0n) is 91.5. The zero-order chi connectivity index (χ0) is 104. The predicted molar refractivity (Wildman–Crippen MR) is 677 cm³/mol. The lowest BCUT2D eigenvalue weighted by molar-refractivity contribution is 0.0715. The number of hydrogen-bond donors (Lipinski definition) is 6. The molecule has 0 aromatic heterocycles. The Hall–Kier alpha value is 2.41. The monoisotopic (exact) mass is 2630 g/mol. The van der Waals surface area contributed by atoms with E-state index in [9.17, 15) is 10.2 Å². The van der Waals surface area contributed by atoms with Crippen molar-refractivity contribution in [3.63, 3.8) is 0 Å². The Morgan fingerprint density at radius 1 is 0.336 bits per heavy atom. The summed E-state index contributed by atoms with van der Waals surface area (Å²) in [5.41, 5.74) is 39.6. The average molecular weight is 2640 g/mol. The first-order valence-electron chi connectivity index (χ1n) is 47.7. The van der Waals surface area contributed by atoms with Crippen LogP contribution in [-0.2, 0) is 65.4 Å². The molecule has 0 amide bonds. The maximum Gasteiger partial charge on any atom is 0.269 e. The highest BCUT2D eigenvalue weighted by Crippen LogP contribution is 2.54. The maximum atomic E-state index is 10.2. The van der Waals surface area contributed by atoms with Crippen LogP contribution < -0.4 is 22.6 Å². The van der Waals surface area contributed by atoms with Crippen molar-refractivity contribution in [1.82, 2.24) is 0 Å². The third-order valence-corrected chi connectivity index (χ3v) is 40.5. The summed E-state index contributed by atoms with van der Waals surface area (Å²) >= 11 is 26.9. The molecule has 134 heavy (non-hydrogen) atoms.